The molecule has 0 amide bonds. The zero-order chi connectivity index (χ0) is 20.3. The van der Waals surface area contributed by atoms with E-state index in [1.54, 1.807) is 6.92 Å². The summed E-state index contributed by atoms with van der Waals surface area (Å²) in [5.74, 6) is -0.692. The lowest BCUT2D eigenvalue weighted by Crippen LogP contribution is -2.15. The molecule has 0 aliphatic heterocycles. The van der Waals surface area contributed by atoms with Crippen LogP contribution < -0.4 is 0 Å². The summed E-state index contributed by atoms with van der Waals surface area (Å²) in [6.07, 6.45) is 0.993. The van der Waals surface area contributed by atoms with Crippen LogP contribution in [-0.4, -0.2) is 27.9 Å². The van der Waals surface area contributed by atoms with E-state index in [1.165, 1.54) is 11.3 Å². The standard InChI is InChI=1S/C22H24N2O3S/c1-5-11-24-14(2)12-18(16(24)4)19(25)13-27-22(26)20-15(3)23-21(28-20)17-9-7-6-8-10-17/h6-10,12H,5,11,13H2,1-4H3. The number of benzene rings is 1. The van der Waals surface area contributed by atoms with Crippen molar-refractivity contribution in [1.82, 2.24) is 9.55 Å². The lowest BCUT2D eigenvalue weighted by Gasteiger charge is -2.08. The van der Waals surface area contributed by atoms with Gasteiger partial charge in [-0.2, -0.15) is 0 Å². The van der Waals surface area contributed by atoms with Gasteiger partial charge < -0.3 is 9.30 Å². The first kappa shape index (κ1) is 20.0. The van der Waals surface area contributed by atoms with E-state index in [2.05, 4.69) is 16.5 Å². The lowest BCUT2D eigenvalue weighted by molar-refractivity contribution is 0.0478. The van der Waals surface area contributed by atoms with E-state index in [0.717, 1.165) is 34.9 Å². The van der Waals surface area contributed by atoms with Crippen LogP contribution in [0.2, 0.25) is 0 Å². The molecule has 0 atom stereocenters. The number of aryl methyl sites for hydroxylation is 2. The van der Waals surface area contributed by atoms with Crippen molar-refractivity contribution in [3.05, 3.63) is 63.9 Å². The van der Waals surface area contributed by atoms with Crippen LogP contribution in [0.1, 0.15) is 50.5 Å². The van der Waals surface area contributed by atoms with E-state index in [0.29, 0.717) is 16.1 Å². The van der Waals surface area contributed by atoms with Gasteiger partial charge in [0.15, 0.2) is 6.61 Å². The van der Waals surface area contributed by atoms with Crippen LogP contribution in [0, 0.1) is 20.8 Å². The molecule has 0 N–H and O–H groups in total. The van der Waals surface area contributed by atoms with E-state index in [1.807, 2.05) is 50.2 Å². The molecule has 0 spiro atoms. The van der Waals surface area contributed by atoms with Gasteiger partial charge in [0.2, 0.25) is 5.78 Å². The molecule has 2 aromatic heterocycles. The fourth-order valence-electron chi connectivity index (χ4n) is 3.22. The molecule has 5 nitrogen and oxygen atoms in total. The summed E-state index contributed by atoms with van der Waals surface area (Å²) < 4.78 is 7.43. The van der Waals surface area contributed by atoms with Crippen molar-refractivity contribution >= 4 is 23.1 Å². The lowest BCUT2D eigenvalue weighted by atomic mass is 10.1. The first-order valence-electron chi connectivity index (χ1n) is 9.32. The Hall–Kier alpha value is -2.73. The number of thiazole rings is 1. The van der Waals surface area contributed by atoms with Gasteiger partial charge in [-0.15, -0.1) is 11.3 Å². The molecule has 0 fully saturated rings. The number of esters is 1. The molecule has 6 heteroatoms. The maximum absolute atomic E-state index is 12.6. The topological polar surface area (TPSA) is 61.2 Å². The average molecular weight is 397 g/mol. The highest BCUT2D eigenvalue weighted by Crippen LogP contribution is 2.28. The molecule has 0 radical (unpaired) electrons. The number of aromatic nitrogens is 2. The normalized spacial score (nSPS) is 10.9. The number of hydrogen-bond donors (Lipinski definition) is 0. The van der Waals surface area contributed by atoms with Crippen molar-refractivity contribution in [2.45, 2.75) is 40.7 Å². The summed E-state index contributed by atoms with van der Waals surface area (Å²) in [5, 5.41) is 0.763. The zero-order valence-corrected chi connectivity index (χ0v) is 17.4. The summed E-state index contributed by atoms with van der Waals surface area (Å²) in [7, 11) is 0. The number of rotatable bonds is 7. The molecule has 0 bridgehead atoms. The van der Waals surface area contributed by atoms with Gasteiger partial charge >= 0.3 is 5.97 Å². The number of nitrogens with zero attached hydrogens (tertiary/aromatic N) is 2. The highest BCUT2D eigenvalue weighted by molar-refractivity contribution is 7.17. The summed E-state index contributed by atoms with van der Waals surface area (Å²) in [4.78, 5) is 30.0. The number of Topliss-reactive ketones (excluding diaryl/α,β-unsaturated/α-hetero) is 1. The first-order chi connectivity index (χ1) is 13.4. The van der Waals surface area contributed by atoms with Crippen molar-refractivity contribution in [1.29, 1.82) is 0 Å². The average Bonchev–Trinajstić information content (AvgIpc) is 3.22. The Bertz CT molecular complexity index is 1000. The van der Waals surface area contributed by atoms with Crippen molar-refractivity contribution < 1.29 is 14.3 Å². The minimum absolute atomic E-state index is 0.186. The zero-order valence-electron chi connectivity index (χ0n) is 16.6. The van der Waals surface area contributed by atoms with E-state index in [4.69, 9.17) is 4.74 Å². The van der Waals surface area contributed by atoms with Crippen molar-refractivity contribution in [3.8, 4) is 10.6 Å². The minimum Gasteiger partial charge on any atom is -0.453 e. The number of ketones is 1. The molecular formula is C22H24N2O3S. The summed E-state index contributed by atoms with van der Waals surface area (Å²) in [6, 6.07) is 11.6. The molecule has 0 saturated heterocycles. The summed E-state index contributed by atoms with van der Waals surface area (Å²) >= 11 is 1.28. The quantitative estimate of drug-likeness (QED) is 0.417. The van der Waals surface area contributed by atoms with Gasteiger partial charge in [0.05, 0.1) is 5.69 Å². The fourth-order valence-corrected chi connectivity index (χ4v) is 4.18. The van der Waals surface area contributed by atoms with Gasteiger partial charge in [-0.1, -0.05) is 37.3 Å². The maximum Gasteiger partial charge on any atom is 0.350 e. The van der Waals surface area contributed by atoms with Gasteiger partial charge in [0.1, 0.15) is 9.88 Å². The molecule has 0 saturated carbocycles. The molecule has 2 heterocycles. The SMILES string of the molecule is CCCn1c(C)cc(C(=O)COC(=O)c2sc(-c3ccccc3)nc2C)c1C. The van der Waals surface area contributed by atoms with Crippen LogP contribution in [-0.2, 0) is 11.3 Å². The molecule has 146 valence electrons. The molecular weight excluding hydrogens is 372 g/mol. The minimum atomic E-state index is -0.507. The van der Waals surface area contributed by atoms with Gasteiger partial charge in [-0.25, -0.2) is 9.78 Å². The van der Waals surface area contributed by atoms with Crippen molar-refractivity contribution in [2.75, 3.05) is 6.61 Å². The van der Waals surface area contributed by atoms with Crippen LogP contribution in [0.5, 0.6) is 0 Å². The maximum atomic E-state index is 12.6. The van der Waals surface area contributed by atoms with Gasteiger partial charge in [-0.3, -0.25) is 4.79 Å². The van der Waals surface area contributed by atoms with Crippen LogP contribution >= 0.6 is 11.3 Å². The largest absolute Gasteiger partial charge is 0.453 e. The first-order valence-corrected chi connectivity index (χ1v) is 10.1. The molecule has 0 unspecified atom stereocenters. The number of carbonyl (C=O) groups excluding carboxylic acids is 2. The predicted octanol–water partition coefficient (Wildman–Crippen LogP) is 4.99. The third-order valence-corrected chi connectivity index (χ3v) is 5.84. The Balaban J connectivity index is 1.70. The van der Waals surface area contributed by atoms with Gasteiger partial charge in [0, 0.05) is 29.1 Å². The van der Waals surface area contributed by atoms with E-state index in [9.17, 15) is 9.59 Å². The Morgan fingerprint density at radius 3 is 2.54 bits per heavy atom. The highest BCUT2D eigenvalue weighted by atomic mass is 32.1. The van der Waals surface area contributed by atoms with Crippen LogP contribution in [0.3, 0.4) is 0 Å². The number of hydrogen-bond acceptors (Lipinski definition) is 5. The second kappa shape index (κ2) is 8.52. The van der Waals surface area contributed by atoms with Crippen LogP contribution in [0.25, 0.3) is 10.6 Å². The second-order valence-electron chi connectivity index (χ2n) is 6.74. The van der Waals surface area contributed by atoms with Gasteiger partial charge in [0.25, 0.3) is 0 Å². The Morgan fingerprint density at radius 1 is 1.14 bits per heavy atom. The number of ether oxygens (including phenoxy) is 1. The van der Waals surface area contributed by atoms with Crippen LogP contribution in [0.4, 0.5) is 0 Å². The fraction of sp³-hybridized carbons (Fsp3) is 0.318. The summed E-state index contributed by atoms with van der Waals surface area (Å²) in [5.41, 5.74) is 4.14. The Kier molecular flexibility index (Phi) is 6.09. The molecule has 3 rings (SSSR count). The van der Waals surface area contributed by atoms with Crippen molar-refractivity contribution in [3.63, 3.8) is 0 Å². The van der Waals surface area contributed by atoms with Gasteiger partial charge in [-0.05, 0) is 33.3 Å². The Morgan fingerprint density at radius 2 is 1.86 bits per heavy atom. The van der Waals surface area contributed by atoms with Crippen molar-refractivity contribution in [2.24, 2.45) is 0 Å². The molecule has 28 heavy (non-hydrogen) atoms. The molecule has 1 aromatic carbocycles. The third kappa shape index (κ3) is 4.07. The third-order valence-electron chi connectivity index (χ3n) is 4.66. The summed E-state index contributed by atoms with van der Waals surface area (Å²) in [6.45, 7) is 8.39. The Labute approximate surface area is 169 Å². The monoisotopic (exact) mass is 396 g/mol. The highest BCUT2D eigenvalue weighted by Gasteiger charge is 2.21. The number of carbonyl (C=O) groups is 2. The van der Waals surface area contributed by atoms with Crippen LogP contribution in [0.15, 0.2) is 36.4 Å². The predicted molar refractivity (Wildman–Crippen MR) is 111 cm³/mol. The molecule has 0 aliphatic rings. The smallest absolute Gasteiger partial charge is 0.350 e. The molecule has 0 aliphatic carbocycles. The van der Waals surface area contributed by atoms with E-state index in [-0.39, 0.29) is 12.4 Å². The van der Waals surface area contributed by atoms with E-state index < -0.39 is 5.97 Å². The van der Waals surface area contributed by atoms with E-state index >= 15 is 0 Å². The second-order valence-corrected chi connectivity index (χ2v) is 7.73. The molecule has 3 aromatic rings.